The van der Waals surface area contributed by atoms with E-state index in [9.17, 15) is 4.79 Å². The van der Waals surface area contributed by atoms with E-state index in [-0.39, 0.29) is 11.2 Å². The molecule has 0 saturated carbocycles. The lowest BCUT2D eigenvalue weighted by Gasteiger charge is -2.29. The van der Waals surface area contributed by atoms with Crippen LogP contribution >= 0.6 is 0 Å². The Morgan fingerprint density at radius 3 is 2.78 bits per heavy atom. The van der Waals surface area contributed by atoms with Crippen molar-refractivity contribution < 1.29 is 4.79 Å². The molecule has 0 amide bonds. The summed E-state index contributed by atoms with van der Waals surface area (Å²) in [7, 11) is 0. The van der Waals surface area contributed by atoms with Gasteiger partial charge in [0.15, 0.2) is 5.78 Å². The summed E-state index contributed by atoms with van der Waals surface area (Å²) in [5.41, 5.74) is 2.75. The number of fused-ring (bicyclic) bond motifs is 1. The van der Waals surface area contributed by atoms with Crippen molar-refractivity contribution in [1.29, 1.82) is 5.26 Å². The Labute approximate surface area is 108 Å². The van der Waals surface area contributed by atoms with Crippen LogP contribution in [0.25, 0.3) is 0 Å². The van der Waals surface area contributed by atoms with Crippen molar-refractivity contribution in [3.05, 3.63) is 17.0 Å². The van der Waals surface area contributed by atoms with E-state index < -0.39 is 0 Å². The maximum Gasteiger partial charge on any atom is 0.167 e. The molecule has 0 fully saturated rings. The van der Waals surface area contributed by atoms with Crippen LogP contribution in [0.5, 0.6) is 0 Å². The number of ketones is 1. The molecule has 0 unspecified atom stereocenters. The Hall–Kier alpha value is -1.63. The fraction of sp³-hybridized carbons (Fsp3) is 0.643. The van der Waals surface area contributed by atoms with Crippen LogP contribution in [0.15, 0.2) is 0 Å². The third-order valence-electron chi connectivity index (χ3n) is 3.46. The minimum absolute atomic E-state index is 0.000475. The first kappa shape index (κ1) is 12.8. The second kappa shape index (κ2) is 4.56. The molecular weight excluding hydrogens is 226 g/mol. The molecule has 18 heavy (non-hydrogen) atoms. The van der Waals surface area contributed by atoms with Gasteiger partial charge in [0.05, 0.1) is 36.0 Å². The van der Waals surface area contributed by atoms with Crippen LogP contribution in [0.4, 0.5) is 0 Å². The third kappa shape index (κ3) is 2.17. The Morgan fingerprint density at radius 1 is 1.44 bits per heavy atom. The second-order valence-corrected chi connectivity index (χ2v) is 5.69. The van der Waals surface area contributed by atoms with Gasteiger partial charge >= 0.3 is 0 Å². The van der Waals surface area contributed by atoms with Gasteiger partial charge in [-0.3, -0.25) is 9.48 Å². The highest BCUT2D eigenvalue weighted by Crippen LogP contribution is 2.36. The van der Waals surface area contributed by atoms with Crippen LogP contribution in [-0.4, -0.2) is 15.6 Å². The first-order valence-corrected chi connectivity index (χ1v) is 6.47. The minimum Gasteiger partial charge on any atom is -0.294 e. The Bertz CT molecular complexity index is 520. The van der Waals surface area contributed by atoms with Gasteiger partial charge in [-0.1, -0.05) is 20.8 Å². The first-order chi connectivity index (χ1) is 8.48. The molecule has 1 aromatic rings. The predicted octanol–water partition coefficient (Wildman–Crippen LogP) is 2.51. The Kier molecular flexibility index (Phi) is 3.25. The highest BCUT2D eigenvalue weighted by molar-refractivity contribution is 5.99. The molecular formula is C14H19N3O. The molecule has 1 aliphatic carbocycles. The van der Waals surface area contributed by atoms with Gasteiger partial charge in [0.1, 0.15) is 0 Å². The summed E-state index contributed by atoms with van der Waals surface area (Å²) in [6.45, 7) is 6.83. The number of Topliss-reactive ketones (excluding diaryl/α,β-unsaturated/α-hetero) is 1. The summed E-state index contributed by atoms with van der Waals surface area (Å²) in [5, 5.41) is 13.2. The van der Waals surface area contributed by atoms with Gasteiger partial charge in [0.25, 0.3) is 0 Å². The number of hydrogen-bond donors (Lipinski definition) is 0. The summed E-state index contributed by atoms with van der Waals surface area (Å²) in [6.07, 6.45) is 2.67. The van der Waals surface area contributed by atoms with E-state index in [0.717, 1.165) is 29.8 Å². The highest BCUT2D eigenvalue weighted by Gasteiger charge is 2.35. The quantitative estimate of drug-likeness (QED) is 0.822. The maximum absolute atomic E-state index is 12.2. The van der Waals surface area contributed by atoms with Crippen LogP contribution in [0.3, 0.4) is 0 Å². The summed E-state index contributed by atoms with van der Waals surface area (Å²) < 4.78 is 1.87. The normalized spacial score (nSPS) is 17.3. The molecule has 0 spiro atoms. The lowest BCUT2D eigenvalue weighted by molar-refractivity contribution is 0.0909. The Morgan fingerprint density at radius 2 is 2.17 bits per heavy atom. The highest BCUT2D eigenvalue weighted by atomic mass is 16.1. The zero-order chi connectivity index (χ0) is 13.3. The third-order valence-corrected chi connectivity index (χ3v) is 3.46. The number of carbonyl (C=O) groups is 1. The first-order valence-electron chi connectivity index (χ1n) is 6.47. The van der Waals surface area contributed by atoms with E-state index in [1.807, 2.05) is 11.6 Å². The number of nitrogens with zero attached hydrogens (tertiary/aromatic N) is 3. The predicted molar refractivity (Wildman–Crippen MR) is 68.3 cm³/mol. The molecule has 1 aromatic heterocycles. The smallest absolute Gasteiger partial charge is 0.167 e. The van der Waals surface area contributed by atoms with Crippen LogP contribution in [0, 0.1) is 16.7 Å². The molecule has 0 bridgehead atoms. The van der Waals surface area contributed by atoms with E-state index in [1.165, 1.54) is 0 Å². The van der Waals surface area contributed by atoms with E-state index in [1.54, 1.807) is 0 Å². The number of hydrogen-bond acceptors (Lipinski definition) is 3. The average molecular weight is 245 g/mol. The van der Waals surface area contributed by atoms with Crippen LogP contribution in [0.1, 0.15) is 55.4 Å². The summed E-state index contributed by atoms with van der Waals surface area (Å²) in [6, 6.07) is 2.14. The summed E-state index contributed by atoms with van der Waals surface area (Å²) in [4.78, 5) is 12.2. The summed E-state index contributed by atoms with van der Waals surface area (Å²) in [5.74, 6) is 0.210. The van der Waals surface area contributed by atoms with Gasteiger partial charge in [0, 0.05) is 6.42 Å². The lowest BCUT2D eigenvalue weighted by atomic mass is 9.75. The van der Waals surface area contributed by atoms with Crippen molar-refractivity contribution in [2.45, 2.75) is 53.0 Å². The molecule has 1 aliphatic rings. The topological polar surface area (TPSA) is 58.7 Å². The van der Waals surface area contributed by atoms with E-state index in [2.05, 4.69) is 25.0 Å². The van der Waals surface area contributed by atoms with Gasteiger partial charge in [-0.05, 0) is 18.3 Å². The number of rotatable bonds is 3. The van der Waals surface area contributed by atoms with Crippen LogP contribution in [0.2, 0.25) is 0 Å². The molecule has 0 atom stereocenters. The number of aryl methyl sites for hydroxylation is 2. The molecule has 0 saturated heterocycles. The van der Waals surface area contributed by atoms with Crippen LogP contribution in [-0.2, 0) is 19.4 Å². The van der Waals surface area contributed by atoms with Crippen molar-refractivity contribution in [1.82, 2.24) is 9.78 Å². The van der Waals surface area contributed by atoms with Gasteiger partial charge in [-0.15, -0.1) is 0 Å². The Balaban J connectivity index is 2.47. The monoisotopic (exact) mass is 245 g/mol. The van der Waals surface area contributed by atoms with Crippen molar-refractivity contribution in [3.8, 4) is 6.07 Å². The zero-order valence-corrected chi connectivity index (χ0v) is 11.3. The fourth-order valence-corrected chi connectivity index (χ4v) is 2.68. The number of aromatic nitrogens is 2. The molecule has 96 valence electrons. The number of carbonyl (C=O) groups excluding carboxylic acids is 1. The zero-order valence-electron chi connectivity index (χ0n) is 11.3. The molecule has 1 heterocycles. The molecule has 0 aliphatic heterocycles. The molecule has 0 aromatic carbocycles. The number of nitriles is 1. The largest absolute Gasteiger partial charge is 0.294 e. The molecule has 2 rings (SSSR count). The van der Waals surface area contributed by atoms with E-state index in [0.29, 0.717) is 19.4 Å². The van der Waals surface area contributed by atoms with Crippen molar-refractivity contribution in [3.63, 3.8) is 0 Å². The van der Waals surface area contributed by atoms with Crippen molar-refractivity contribution >= 4 is 5.78 Å². The maximum atomic E-state index is 12.2. The van der Waals surface area contributed by atoms with E-state index in [4.69, 9.17) is 5.26 Å². The fourth-order valence-electron chi connectivity index (χ4n) is 2.68. The van der Waals surface area contributed by atoms with Gasteiger partial charge < -0.3 is 0 Å². The average Bonchev–Trinajstić information content (AvgIpc) is 2.63. The van der Waals surface area contributed by atoms with Gasteiger partial charge in [-0.2, -0.15) is 10.4 Å². The standard InChI is InChI=1S/C14H19N3O/c1-4-10-13-11(17(16-10)7-5-6-15)8-14(2,3)9-12(13)18/h4-5,7-9H2,1-3H3. The van der Waals surface area contributed by atoms with Gasteiger partial charge in [-0.25, -0.2) is 0 Å². The minimum atomic E-state index is -0.000475. The molecule has 4 heteroatoms. The molecule has 0 radical (unpaired) electrons. The van der Waals surface area contributed by atoms with E-state index >= 15 is 0 Å². The lowest BCUT2D eigenvalue weighted by Crippen LogP contribution is -2.28. The summed E-state index contributed by atoms with van der Waals surface area (Å²) >= 11 is 0. The molecule has 0 N–H and O–H groups in total. The second-order valence-electron chi connectivity index (χ2n) is 5.69. The molecule has 4 nitrogen and oxygen atoms in total. The SMILES string of the molecule is CCc1nn(CCC#N)c2c1C(=O)CC(C)(C)C2. The van der Waals surface area contributed by atoms with Crippen LogP contribution < -0.4 is 0 Å². The van der Waals surface area contributed by atoms with Gasteiger partial charge in [0.2, 0.25) is 0 Å². The van der Waals surface area contributed by atoms with Crippen molar-refractivity contribution in [2.24, 2.45) is 5.41 Å². The van der Waals surface area contributed by atoms with Crippen molar-refractivity contribution in [2.75, 3.05) is 0 Å².